The van der Waals surface area contributed by atoms with Crippen LogP contribution in [-0.4, -0.2) is 55.3 Å². The van der Waals surface area contributed by atoms with E-state index in [2.05, 4.69) is 11.0 Å². The first-order chi connectivity index (χ1) is 13.2. The van der Waals surface area contributed by atoms with E-state index < -0.39 is 0 Å². The van der Waals surface area contributed by atoms with Crippen LogP contribution in [0.5, 0.6) is 5.75 Å². The third-order valence-electron chi connectivity index (χ3n) is 4.84. The van der Waals surface area contributed by atoms with Gasteiger partial charge in [-0.2, -0.15) is 5.26 Å². The average molecular weight is 382 g/mol. The van der Waals surface area contributed by atoms with Gasteiger partial charge in [0.25, 0.3) is 5.91 Å². The first kappa shape index (κ1) is 19.3. The van der Waals surface area contributed by atoms with Gasteiger partial charge in [0.15, 0.2) is 0 Å². The van der Waals surface area contributed by atoms with Crippen molar-refractivity contribution in [1.29, 1.82) is 5.26 Å². The van der Waals surface area contributed by atoms with Crippen LogP contribution in [0.15, 0.2) is 53.4 Å². The molecule has 1 fully saturated rings. The van der Waals surface area contributed by atoms with Gasteiger partial charge < -0.3 is 9.64 Å². The van der Waals surface area contributed by atoms with Gasteiger partial charge in [-0.15, -0.1) is 11.8 Å². The van der Waals surface area contributed by atoms with Crippen molar-refractivity contribution in [3.8, 4) is 11.8 Å². The summed E-state index contributed by atoms with van der Waals surface area (Å²) in [6.45, 7) is 2.53. The topological polar surface area (TPSA) is 56.6 Å². The number of piperazine rings is 1. The number of rotatable bonds is 5. The van der Waals surface area contributed by atoms with Gasteiger partial charge in [-0.05, 0) is 30.0 Å². The summed E-state index contributed by atoms with van der Waals surface area (Å²) >= 11 is 1.62. The molecule has 3 rings (SSSR count). The first-order valence-electron chi connectivity index (χ1n) is 8.88. The maximum Gasteiger partial charge on any atom is 0.257 e. The fraction of sp³-hybridized carbons (Fsp3) is 0.333. The van der Waals surface area contributed by atoms with E-state index >= 15 is 0 Å². The van der Waals surface area contributed by atoms with Crippen molar-refractivity contribution in [3.63, 3.8) is 0 Å². The summed E-state index contributed by atoms with van der Waals surface area (Å²) in [4.78, 5) is 18.0. The van der Waals surface area contributed by atoms with Gasteiger partial charge in [-0.1, -0.05) is 30.3 Å². The Hall–Kier alpha value is -2.49. The van der Waals surface area contributed by atoms with Crippen molar-refractivity contribution >= 4 is 17.7 Å². The van der Waals surface area contributed by atoms with Crippen LogP contribution in [0, 0.1) is 11.3 Å². The Kier molecular flexibility index (Phi) is 6.38. The summed E-state index contributed by atoms with van der Waals surface area (Å²) in [5.41, 5.74) is 1.58. The predicted molar refractivity (Wildman–Crippen MR) is 107 cm³/mol. The highest BCUT2D eigenvalue weighted by molar-refractivity contribution is 7.98. The molecule has 0 saturated carbocycles. The summed E-state index contributed by atoms with van der Waals surface area (Å²) in [7, 11) is 1.59. The molecular formula is C21H23N3O2S. The van der Waals surface area contributed by atoms with Gasteiger partial charge in [-0.25, -0.2) is 0 Å². The van der Waals surface area contributed by atoms with Crippen LogP contribution in [0.2, 0.25) is 0 Å². The summed E-state index contributed by atoms with van der Waals surface area (Å²) in [5, 5.41) is 9.61. The highest BCUT2D eigenvalue weighted by atomic mass is 32.2. The highest BCUT2D eigenvalue weighted by Gasteiger charge is 2.28. The number of nitriles is 1. The standard InChI is InChI=1S/C21H23N3O2S/c1-26-20-14-17(27-2)8-9-18(20)21(25)24-12-10-23(11-13-24)19(15-22)16-6-4-3-5-7-16/h3-9,14,19H,10-13H2,1-2H3/t19-/m1/s1. The third-order valence-corrected chi connectivity index (χ3v) is 5.57. The van der Waals surface area contributed by atoms with Crippen molar-refractivity contribution in [3.05, 3.63) is 59.7 Å². The summed E-state index contributed by atoms with van der Waals surface area (Å²) in [6, 6.07) is 17.6. The third kappa shape index (κ3) is 4.26. The van der Waals surface area contributed by atoms with E-state index in [0.29, 0.717) is 37.5 Å². The Morgan fingerprint density at radius 1 is 1.15 bits per heavy atom. The lowest BCUT2D eigenvalue weighted by atomic mass is 10.1. The van der Waals surface area contributed by atoms with Crippen molar-refractivity contribution in [2.45, 2.75) is 10.9 Å². The molecule has 0 N–H and O–H groups in total. The van der Waals surface area contributed by atoms with Gasteiger partial charge >= 0.3 is 0 Å². The van der Waals surface area contributed by atoms with Gasteiger partial charge in [0, 0.05) is 31.1 Å². The summed E-state index contributed by atoms with van der Waals surface area (Å²) in [5.74, 6) is 0.584. The first-order valence-corrected chi connectivity index (χ1v) is 10.1. The number of benzene rings is 2. The molecule has 0 aromatic heterocycles. The van der Waals surface area contributed by atoms with Crippen molar-refractivity contribution in [2.24, 2.45) is 0 Å². The number of methoxy groups -OCH3 is 1. The molecule has 1 heterocycles. The molecule has 2 aromatic carbocycles. The minimum Gasteiger partial charge on any atom is -0.496 e. The number of nitrogens with zero attached hydrogens (tertiary/aromatic N) is 3. The second-order valence-electron chi connectivity index (χ2n) is 6.34. The molecule has 6 heteroatoms. The van der Waals surface area contributed by atoms with Gasteiger partial charge in [0.2, 0.25) is 0 Å². The van der Waals surface area contributed by atoms with Crippen LogP contribution in [0.4, 0.5) is 0 Å². The quantitative estimate of drug-likeness (QED) is 0.743. The predicted octanol–water partition coefficient (Wildman–Crippen LogP) is 3.44. The Balaban J connectivity index is 1.69. The fourth-order valence-electron chi connectivity index (χ4n) is 3.33. The second kappa shape index (κ2) is 8.94. The molecule has 27 heavy (non-hydrogen) atoms. The van der Waals surface area contributed by atoms with Gasteiger partial charge in [0.05, 0.1) is 18.7 Å². The van der Waals surface area contributed by atoms with Crippen molar-refractivity contribution < 1.29 is 9.53 Å². The van der Waals surface area contributed by atoms with Crippen molar-refractivity contribution in [1.82, 2.24) is 9.80 Å². The maximum atomic E-state index is 13.0. The minimum atomic E-state index is -0.279. The lowest BCUT2D eigenvalue weighted by Gasteiger charge is -2.37. The number of carbonyl (C=O) groups excluding carboxylic acids is 1. The largest absolute Gasteiger partial charge is 0.496 e. The zero-order chi connectivity index (χ0) is 19.2. The Morgan fingerprint density at radius 2 is 1.85 bits per heavy atom. The zero-order valence-corrected chi connectivity index (χ0v) is 16.4. The van der Waals surface area contributed by atoms with Crippen LogP contribution in [0.3, 0.4) is 0 Å². The molecule has 1 atom stereocenters. The Morgan fingerprint density at radius 3 is 2.44 bits per heavy atom. The zero-order valence-electron chi connectivity index (χ0n) is 15.6. The average Bonchev–Trinajstić information content (AvgIpc) is 2.74. The monoisotopic (exact) mass is 381 g/mol. The molecule has 0 unspecified atom stereocenters. The van der Waals surface area contributed by atoms with Gasteiger partial charge in [0.1, 0.15) is 11.8 Å². The summed E-state index contributed by atoms with van der Waals surface area (Å²) in [6.07, 6.45) is 1.99. The van der Waals surface area contributed by atoms with Crippen LogP contribution in [0.25, 0.3) is 0 Å². The van der Waals surface area contributed by atoms with E-state index in [-0.39, 0.29) is 11.9 Å². The molecule has 0 spiro atoms. The molecule has 1 saturated heterocycles. The SMILES string of the molecule is COc1cc(SC)ccc1C(=O)N1CCN([C@H](C#N)c2ccccc2)CC1. The Bertz CT molecular complexity index is 827. The number of thioether (sulfide) groups is 1. The molecular weight excluding hydrogens is 358 g/mol. The van der Waals surface area contributed by atoms with Crippen LogP contribution in [-0.2, 0) is 0 Å². The molecule has 0 bridgehead atoms. The number of hydrogen-bond acceptors (Lipinski definition) is 5. The molecule has 1 amide bonds. The number of ether oxygens (including phenoxy) is 1. The molecule has 140 valence electrons. The van der Waals surface area contributed by atoms with E-state index in [1.807, 2.05) is 59.7 Å². The van der Waals surface area contributed by atoms with Crippen LogP contribution in [0.1, 0.15) is 22.0 Å². The van der Waals surface area contributed by atoms with E-state index in [4.69, 9.17) is 4.74 Å². The highest BCUT2D eigenvalue weighted by Crippen LogP contribution is 2.27. The molecule has 2 aromatic rings. The number of carbonyl (C=O) groups is 1. The van der Waals surface area contributed by atoms with E-state index in [9.17, 15) is 10.1 Å². The normalized spacial score (nSPS) is 15.8. The second-order valence-corrected chi connectivity index (χ2v) is 7.22. The molecule has 5 nitrogen and oxygen atoms in total. The molecule has 0 aliphatic carbocycles. The lowest BCUT2D eigenvalue weighted by Crippen LogP contribution is -2.49. The van der Waals surface area contributed by atoms with Gasteiger partial charge in [-0.3, -0.25) is 9.69 Å². The van der Waals surface area contributed by atoms with Crippen LogP contribution < -0.4 is 4.74 Å². The maximum absolute atomic E-state index is 13.0. The molecule has 1 aliphatic heterocycles. The van der Waals surface area contributed by atoms with E-state index in [1.54, 1.807) is 18.9 Å². The smallest absolute Gasteiger partial charge is 0.257 e. The van der Waals surface area contributed by atoms with E-state index in [0.717, 1.165) is 10.5 Å². The number of hydrogen-bond donors (Lipinski definition) is 0. The number of amides is 1. The molecule has 0 radical (unpaired) electrons. The molecule has 1 aliphatic rings. The fourth-order valence-corrected chi connectivity index (χ4v) is 3.76. The van der Waals surface area contributed by atoms with E-state index in [1.165, 1.54) is 0 Å². The summed E-state index contributed by atoms with van der Waals surface area (Å²) < 4.78 is 5.42. The van der Waals surface area contributed by atoms with Crippen LogP contribution >= 0.6 is 11.8 Å². The lowest BCUT2D eigenvalue weighted by molar-refractivity contribution is 0.0603. The minimum absolute atomic E-state index is 0.0210. The Labute approximate surface area is 164 Å². The van der Waals surface area contributed by atoms with Crippen molar-refractivity contribution in [2.75, 3.05) is 39.5 Å².